The van der Waals surface area contributed by atoms with E-state index in [9.17, 15) is 4.79 Å². The van der Waals surface area contributed by atoms with Crippen LogP contribution in [-0.4, -0.2) is 5.78 Å². The third-order valence-corrected chi connectivity index (χ3v) is 9.51. The van der Waals surface area contributed by atoms with E-state index in [1.54, 1.807) is 5.57 Å². The van der Waals surface area contributed by atoms with Crippen LogP contribution in [-0.2, 0) is 4.79 Å². The Morgan fingerprint density at radius 2 is 1.80 bits per heavy atom. The quantitative estimate of drug-likeness (QED) is 0.426. The minimum atomic E-state index is 0.254. The number of allylic oxidation sites excluding steroid dienone is 6. The molecular weight excluding hydrogens is 364 g/mol. The molecule has 0 amide bonds. The summed E-state index contributed by atoms with van der Waals surface area (Å²) in [7, 11) is 0. The van der Waals surface area contributed by atoms with E-state index in [-0.39, 0.29) is 5.41 Å². The van der Waals surface area contributed by atoms with Crippen LogP contribution in [0.15, 0.2) is 35.5 Å². The summed E-state index contributed by atoms with van der Waals surface area (Å²) in [6, 6.07) is 0. The standard InChI is InChI=1S/C27H40O.C2H6/c1-18(2)19(3)7-6-8-20-10-12-24-23-11-9-21-17-22(28)13-15-27(21,5)25(23)14-16-26(20,24)4;1-2/h6-7,11,17-20,24-25H,8-10,12-16H2,1-5H3;1-2H3/b7-6+;. The van der Waals surface area contributed by atoms with Crippen LogP contribution >= 0.6 is 0 Å². The summed E-state index contributed by atoms with van der Waals surface area (Å²) in [4.78, 5) is 12.0. The fraction of sp³-hybridized carbons (Fsp3) is 0.759. The molecule has 4 aliphatic rings. The zero-order valence-electron chi connectivity index (χ0n) is 20.8. The molecule has 0 aromatic carbocycles. The van der Waals surface area contributed by atoms with E-state index in [1.807, 2.05) is 19.9 Å². The molecule has 168 valence electrons. The molecule has 0 radical (unpaired) electrons. The number of hydrogen-bond acceptors (Lipinski definition) is 1. The molecule has 0 aliphatic heterocycles. The van der Waals surface area contributed by atoms with Gasteiger partial charge in [-0.25, -0.2) is 0 Å². The van der Waals surface area contributed by atoms with Gasteiger partial charge in [-0.1, -0.05) is 77.8 Å². The minimum Gasteiger partial charge on any atom is -0.295 e. The first-order chi connectivity index (χ1) is 14.3. The second-order valence-electron chi connectivity index (χ2n) is 11.2. The summed E-state index contributed by atoms with van der Waals surface area (Å²) in [6.07, 6.45) is 19.1. The molecule has 0 aromatic rings. The van der Waals surface area contributed by atoms with Crippen molar-refractivity contribution < 1.29 is 4.79 Å². The fourth-order valence-corrected chi connectivity index (χ4v) is 7.03. The van der Waals surface area contributed by atoms with Crippen LogP contribution in [0.3, 0.4) is 0 Å². The maximum absolute atomic E-state index is 12.0. The van der Waals surface area contributed by atoms with Crippen molar-refractivity contribution in [2.45, 2.75) is 99.8 Å². The molecule has 6 unspecified atom stereocenters. The van der Waals surface area contributed by atoms with Gasteiger partial charge in [0.25, 0.3) is 0 Å². The van der Waals surface area contributed by atoms with Crippen molar-refractivity contribution in [2.24, 2.45) is 40.4 Å². The largest absolute Gasteiger partial charge is 0.295 e. The molecule has 4 rings (SSSR count). The summed E-state index contributed by atoms with van der Waals surface area (Å²) in [5.41, 5.74) is 3.95. The van der Waals surface area contributed by atoms with Gasteiger partial charge in [0.05, 0.1) is 0 Å². The molecule has 30 heavy (non-hydrogen) atoms. The van der Waals surface area contributed by atoms with Gasteiger partial charge in [-0.05, 0) is 91.4 Å². The number of rotatable bonds is 4. The molecule has 4 aliphatic carbocycles. The molecule has 0 bridgehead atoms. The Balaban J connectivity index is 0.00000124. The molecule has 0 spiro atoms. The highest BCUT2D eigenvalue weighted by molar-refractivity contribution is 5.91. The van der Waals surface area contributed by atoms with Gasteiger partial charge >= 0.3 is 0 Å². The van der Waals surface area contributed by atoms with Crippen LogP contribution in [0.25, 0.3) is 0 Å². The highest BCUT2D eigenvalue weighted by Crippen LogP contribution is 2.65. The van der Waals surface area contributed by atoms with Gasteiger partial charge in [0, 0.05) is 6.42 Å². The van der Waals surface area contributed by atoms with Gasteiger partial charge in [-0.15, -0.1) is 0 Å². The maximum atomic E-state index is 12.0. The van der Waals surface area contributed by atoms with E-state index in [4.69, 9.17) is 0 Å². The molecule has 6 atom stereocenters. The third-order valence-electron chi connectivity index (χ3n) is 9.51. The van der Waals surface area contributed by atoms with Crippen LogP contribution in [0.4, 0.5) is 0 Å². The van der Waals surface area contributed by atoms with Gasteiger partial charge in [0.15, 0.2) is 5.78 Å². The van der Waals surface area contributed by atoms with Crippen molar-refractivity contribution in [3.05, 3.63) is 35.5 Å². The van der Waals surface area contributed by atoms with Crippen molar-refractivity contribution in [3.8, 4) is 0 Å². The number of carbonyl (C=O) groups excluding carboxylic acids is 1. The van der Waals surface area contributed by atoms with Crippen molar-refractivity contribution >= 4 is 5.78 Å². The molecule has 1 heteroatoms. The SMILES string of the molecule is CC.CC(C)C(C)/C=C/CC1CCC2C3=CCC4=CC(=O)CCC4(C)C3CCC12C. The molecule has 0 heterocycles. The van der Waals surface area contributed by atoms with Crippen molar-refractivity contribution in [3.63, 3.8) is 0 Å². The van der Waals surface area contributed by atoms with Gasteiger partial charge in [-0.3, -0.25) is 4.79 Å². The van der Waals surface area contributed by atoms with Crippen molar-refractivity contribution in [2.75, 3.05) is 0 Å². The molecule has 2 fully saturated rings. The summed E-state index contributed by atoms with van der Waals surface area (Å²) in [5.74, 6) is 4.08. The number of fused-ring (bicyclic) bond motifs is 5. The average Bonchev–Trinajstić information content (AvgIpc) is 3.06. The first-order valence-corrected chi connectivity index (χ1v) is 12.9. The molecule has 0 N–H and O–H groups in total. The average molecular weight is 411 g/mol. The van der Waals surface area contributed by atoms with Crippen LogP contribution < -0.4 is 0 Å². The minimum absolute atomic E-state index is 0.254. The first kappa shape index (κ1) is 23.6. The van der Waals surface area contributed by atoms with Crippen LogP contribution in [0, 0.1) is 40.4 Å². The molecule has 0 aromatic heterocycles. The van der Waals surface area contributed by atoms with Crippen LogP contribution in [0.1, 0.15) is 99.8 Å². The van der Waals surface area contributed by atoms with Crippen LogP contribution in [0.5, 0.6) is 0 Å². The van der Waals surface area contributed by atoms with E-state index >= 15 is 0 Å². The fourth-order valence-electron chi connectivity index (χ4n) is 7.03. The molecule has 0 saturated heterocycles. The van der Waals surface area contributed by atoms with E-state index in [0.717, 1.165) is 37.0 Å². The summed E-state index contributed by atoms with van der Waals surface area (Å²) in [6.45, 7) is 16.1. The lowest BCUT2D eigenvalue weighted by molar-refractivity contribution is -0.116. The Hall–Kier alpha value is -1.11. The highest BCUT2D eigenvalue weighted by Gasteiger charge is 2.55. The second kappa shape index (κ2) is 9.17. The zero-order chi connectivity index (χ0) is 22.1. The first-order valence-electron chi connectivity index (χ1n) is 12.9. The normalized spacial score (nSPS) is 38.8. The monoisotopic (exact) mass is 410 g/mol. The van der Waals surface area contributed by atoms with Gasteiger partial charge in [-0.2, -0.15) is 0 Å². The molecule has 1 nitrogen and oxygen atoms in total. The summed E-state index contributed by atoms with van der Waals surface area (Å²) >= 11 is 0. The Kier molecular flexibility index (Phi) is 7.20. The second-order valence-corrected chi connectivity index (χ2v) is 11.2. The number of carbonyl (C=O) groups is 1. The zero-order valence-corrected chi connectivity index (χ0v) is 20.8. The summed E-state index contributed by atoms with van der Waals surface area (Å²) in [5, 5.41) is 0. The lowest BCUT2D eigenvalue weighted by Gasteiger charge is -2.54. The highest BCUT2D eigenvalue weighted by atomic mass is 16.1. The Labute approximate surface area is 186 Å². The molecular formula is C29H46O. The third kappa shape index (κ3) is 4.03. The lowest BCUT2D eigenvalue weighted by atomic mass is 9.50. The van der Waals surface area contributed by atoms with E-state index < -0.39 is 0 Å². The topological polar surface area (TPSA) is 17.1 Å². The number of ketones is 1. The molecule has 2 saturated carbocycles. The van der Waals surface area contributed by atoms with Crippen molar-refractivity contribution in [1.82, 2.24) is 0 Å². The number of hydrogen-bond donors (Lipinski definition) is 0. The summed E-state index contributed by atoms with van der Waals surface area (Å²) < 4.78 is 0. The van der Waals surface area contributed by atoms with E-state index in [0.29, 0.717) is 23.0 Å². The Morgan fingerprint density at radius 1 is 1.07 bits per heavy atom. The van der Waals surface area contributed by atoms with E-state index in [1.165, 1.54) is 37.7 Å². The smallest absolute Gasteiger partial charge is 0.155 e. The van der Waals surface area contributed by atoms with E-state index in [2.05, 4.69) is 52.8 Å². The lowest BCUT2D eigenvalue weighted by Crippen LogP contribution is -2.45. The van der Waals surface area contributed by atoms with Crippen LogP contribution in [0.2, 0.25) is 0 Å². The van der Waals surface area contributed by atoms with Gasteiger partial charge in [0.2, 0.25) is 0 Å². The van der Waals surface area contributed by atoms with Gasteiger partial charge < -0.3 is 0 Å². The van der Waals surface area contributed by atoms with Gasteiger partial charge in [0.1, 0.15) is 0 Å². The predicted molar refractivity (Wildman–Crippen MR) is 129 cm³/mol. The predicted octanol–water partition coefficient (Wildman–Crippen LogP) is 8.32. The maximum Gasteiger partial charge on any atom is 0.155 e. The Morgan fingerprint density at radius 3 is 2.50 bits per heavy atom. The van der Waals surface area contributed by atoms with Crippen molar-refractivity contribution in [1.29, 1.82) is 0 Å². The Bertz CT molecular complexity index is 723.